The summed E-state index contributed by atoms with van der Waals surface area (Å²) in [6.07, 6.45) is 2.20. The van der Waals surface area contributed by atoms with E-state index in [-0.39, 0.29) is 12.0 Å². The van der Waals surface area contributed by atoms with Gasteiger partial charge >= 0.3 is 0 Å². The Morgan fingerprint density at radius 3 is 2.50 bits per heavy atom. The Morgan fingerprint density at radius 1 is 1.38 bits per heavy atom. The highest BCUT2D eigenvalue weighted by Gasteiger charge is 2.24. The first-order valence-corrected chi connectivity index (χ1v) is 6.00. The van der Waals surface area contributed by atoms with Crippen molar-refractivity contribution >= 4 is 5.91 Å². The van der Waals surface area contributed by atoms with Crippen LogP contribution in [0.3, 0.4) is 0 Å². The zero-order chi connectivity index (χ0) is 12.6. The number of nitrogens with two attached hydrogens (primary N) is 1. The van der Waals surface area contributed by atoms with Crippen LogP contribution in [0.2, 0.25) is 0 Å². The lowest BCUT2D eigenvalue weighted by molar-refractivity contribution is -0.128. The Kier molecular flexibility index (Phi) is 7.34. The summed E-state index contributed by atoms with van der Waals surface area (Å²) < 4.78 is 5.40. The number of hydrogen-bond acceptors (Lipinski definition) is 3. The topological polar surface area (TPSA) is 64.3 Å². The number of carbonyl (C=O) groups is 1. The molecule has 16 heavy (non-hydrogen) atoms. The highest BCUT2D eigenvalue weighted by Crippen LogP contribution is 2.11. The van der Waals surface area contributed by atoms with Crippen molar-refractivity contribution < 1.29 is 9.53 Å². The third-order valence-electron chi connectivity index (χ3n) is 2.43. The lowest BCUT2D eigenvalue weighted by atomic mass is 9.93. The van der Waals surface area contributed by atoms with Gasteiger partial charge in [0.25, 0.3) is 0 Å². The van der Waals surface area contributed by atoms with Crippen LogP contribution in [0.4, 0.5) is 0 Å². The van der Waals surface area contributed by atoms with Gasteiger partial charge < -0.3 is 15.8 Å². The molecule has 4 nitrogen and oxygen atoms in total. The van der Waals surface area contributed by atoms with Gasteiger partial charge in [-0.1, -0.05) is 0 Å². The molecule has 0 saturated heterocycles. The lowest BCUT2D eigenvalue weighted by Gasteiger charge is -2.21. The molecule has 0 saturated carbocycles. The Bertz CT molecular complexity index is 203. The van der Waals surface area contributed by atoms with Crippen molar-refractivity contribution in [1.29, 1.82) is 0 Å². The van der Waals surface area contributed by atoms with Crippen molar-refractivity contribution in [1.82, 2.24) is 5.32 Å². The second-order valence-corrected chi connectivity index (χ2v) is 4.97. The van der Waals surface area contributed by atoms with Crippen LogP contribution >= 0.6 is 0 Å². The average Bonchev–Trinajstić information content (AvgIpc) is 2.22. The number of amides is 1. The fourth-order valence-electron chi connectivity index (χ4n) is 1.08. The van der Waals surface area contributed by atoms with Gasteiger partial charge in [-0.05, 0) is 40.5 Å². The molecule has 0 heterocycles. The first kappa shape index (κ1) is 15.4. The molecule has 0 fully saturated rings. The summed E-state index contributed by atoms with van der Waals surface area (Å²) >= 11 is 0. The summed E-state index contributed by atoms with van der Waals surface area (Å²) in [5.74, 6) is 0.0276. The Morgan fingerprint density at radius 2 is 2.00 bits per heavy atom. The molecule has 0 rings (SSSR count). The molecule has 0 aromatic rings. The predicted molar refractivity (Wildman–Crippen MR) is 66.2 cm³/mol. The summed E-state index contributed by atoms with van der Waals surface area (Å²) in [6, 6.07) is 0. The summed E-state index contributed by atoms with van der Waals surface area (Å²) in [4.78, 5) is 11.6. The third kappa shape index (κ3) is 6.80. The molecule has 96 valence electrons. The van der Waals surface area contributed by atoms with E-state index in [9.17, 15) is 4.79 Å². The van der Waals surface area contributed by atoms with E-state index in [4.69, 9.17) is 10.5 Å². The molecule has 0 aromatic heterocycles. The second kappa shape index (κ2) is 7.63. The van der Waals surface area contributed by atoms with Crippen LogP contribution in [-0.4, -0.2) is 31.7 Å². The van der Waals surface area contributed by atoms with E-state index in [1.807, 2.05) is 27.7 Å². The van der Waals surface area contributed by atoms with Crippen LogP contribution in [0.5, 0.6) is 0 Å². The van der Waals surface area contributed by atoms with E-state index in [2.05, 4.69) is 5.32 Å². The summed E-state index contributed by atoms with van der Waals surface area (Å²) in [5, 5.41) is 2.89. The molecule has 0 radical (unpaired) electrons. The van der Waals surface area contributed by atoms with Crippen LogP contribution in [0.15, 0.2) is 0 Å². The third-order valence-corrected chi connectivity index (χ3v) is 2.43. The number of hydrogen-bond donors (Lipinski definition) is 2. The molecule has 0 aromatic carbocycles. The summed E-state index contributed by atoms with van der Waals surface area (Å²) in [5.41, 5.74) is 5.05. The molecule has 0 aliphatic rings. The first-order valence-electron chi connectivity index (χ1n) is 6.00. The minimum absolute atomic E-state index is 0.0276. The fraction of sp³-hybridized carbons (Fsp3) is 0.917. The summed E-state index contributed by atoms with van der Waals surface area (Å²) in [7, 11) is 0. The van der Waals surface area contributed by atoms with Gasteiger partial charge in [-0.3, -0.25) is 4.79 Å². The van der Waals surface area contributed by atoms with Crippen molar-refractivity contribution in [3.63, 3.8) is 0 Å². The Balaban J connectivity index is 3.49. The SMILES string of the molecule is CC(C)OCCCCNC(=O)C(C)(C)CN. The zero-order valence-corrected chi connectivity index (χ0v) is 11.0. The maximum atomic E-state index is 11.6. The van der Waals surface area contributed by atoms with E-state index >= 15 is 0 Å². The van der Waals surface area contributed by atoms with Gasteiger partial charge in [0.2, 0.25) is 5.91 Å². The molecule has 0 aliphatic carbocycles. The first-order chi connectivity index (χ1) is 7.40. The van der Waals surface area contributed by atoms with Gasteiger partial charge in [-0.15, -0.1) is 0 Å². The fourth-order valence-corrected chi connectivity index (χ4v) is 1.08. The van der Waals surface area contributed by atoms with E-state index in [1.54, 1.807) is 0 Å². The smallest absolute Gasteiger partial charge is 0.226 e. The molecular formula is C12H26N2O2. The zero-order valence-electron chi connectivity index (χ0n) is 11.0. The molecule has 3 N–H and O–H groups in total. The number of ether oxygens (including phenoxy) is 1. The Hall–Kier alpha value is -0.610. The van der Waals surface area contributed by atoms with E-state index in [1.165, 1.54) is 0 Å². The quantitative estimate of drug-likeness (QED) is 0.618. The maximum absolute atomic E-state index is 11.6. The average molecular weight is 230 g/mol. The number of unbranched alkanes of at least 4 members (excludes halogenated alkanes) is 1. The lowest BCUT2D eigenvalue weighted by Crippen LogP contribution is -2.42. The molecule has 0 bridgehead atoms. The van der Waals surface area contributed by atoms with Crippen molar-refractivity contribution in [2.24, 2.45) is 11.1 Å². The molecule has 0 atom stereocenters. The molecule has 0 spiro atoms. The van der Waals surface area contributed by atoms with Crippen molar-refractivity contribution in [2.75, 3.05) is 19.7 Å². The molecule has 0 aliphatic heterocycles. The van der Waals surface area contributed by atoms with Crippen LogP contribution in [-0.2, 0) is 9.53 Å². The van der Waals surface area contributed by atoms with E-state index in [0.717, 1.165) is 19.4 Å². The minimum atomic E-state index is -0.464. The molecule has 1 amide bonds. The van der Waals surface area contributed by atoms with Gasteiger partial charge in [-0.2, -0.15) is 0 Å². The van der Waals surface area contributed by atoms with Crippen LogP contribution < -0.4 is 11.1 Å². The van der Waals surface area contributed by atoms with Gasteiger partial charge in [0, 0.05) is 19.7 Å². The number of carbonyl (C=O) groups excluding carboxylic acids is 1. The van der Waals surface area contributed by atoms with Gasteiger partial charge in [0.1, 0.15) is 0 Å². The predicted octanol–water partition coefficient (Wildman–Crippen LogP) is 1.29. The highest BCUT2D eigenvalue weighted by atomic mass is 16.5. The standard InChI is InChI=1S/C12H26N2O2/c1-10(2)16-8-6-5-7-14-11(15)12(3,4)9-13/h10H,5-9,13H2,1-4H3,(H,14,15). The monoisotopic (exact) mass is 230 g/mol. The number of nitrogens with one attached hydrogen (secondary N) is 1. The second-order valence-electron chi connectivity index (χ2n) is 4.97. The highest BCUT2D eigenvalue weighted by molar-refractivity contribution is 5.81. The van der Waals surface area contributed by atoms with Gasteiger partial charge in [-0.25, -0.2) is 0 Å². The van der Waals surface area contributed by atoms with Gasteiger partial charge in [0.15, 0.2) is 0 Å². The molecule has 0 unspecified atom stereocenters. The van der Waals surface area contributed by atoms with Crippen molar-refractivity contribution in [2.45, 2.75) is 46.6 Å². The van der Waals surface area contributed by atoms with Crippen LogP contribution in [0, 0.1) is 5.41 Å². The van der Waals surface area contributed by atoms with Gasteiger partial charge in [0.05, 0.1) is 11.5 Å². The van der Waals surface area contributed by atoms with E-state index in [0.29, 0.717) is 13.1 Å². The van der Waals surface area contributed by atoms with E-state index < -0.39 is 5.41 Å². The number of rotatable bonds is 8. The van der Waals surface area contributed by atoms with Crippen molar-refractivity contribution in [3.05, 3.63) is 0 Å². The van der Waals surface area contributed by atoms with Crippen LogP contribution in [0.25, 0.3) is 0 Å². The largest absolute Gasteiger partial charge is 0.379 e. The molecule has 4 heteroatoms. The minimum Gasteiger partial charge on any atom is -0.379 e. The van der Waals surface area contributed by atoms with Crippen molar-refractivity contribution in [3.8, 4) is 0 Å². The van der Waals surface area contributed by atoms with Crippen LogP contribution in [0.1, 0.15) is 40.5 Å². The Labute approximate surface area is 98.9 Å². The summed E-state index contributed by atoms with van der Waals surface area (Å²) in [6.45, 7) is 9.57. The normalized spacial score (nSPS) is 11.9. The molecular weight excluding hydrogens is 204 g/mol. The maximum Gasteiger partial charge on any atom is 0.226 e.